The fourth-order valence-electron chi connectivity index (χ4n) is 2.83. The number of carboxylic acids is 1. The Morgan fingerprint density at radius 1 is 1.14 bits per heavy atom. The Hall–Kier alpha value is -3.10. The number of nitrogens with zero attached hydrogens (tertiary/aromatic N) is 1. The van der Waals surface area contributed by atoms with Gasteiger partial charge in [0.25, 0.3) is 5.91 Å². The zero-order valence-corrected chi connectivity index (χ0v) is 16.7. The van der Waals surface area contributed by atoms with Gasteiger partial charge in [-0.05, 0) is 63.5 Å². The molecule has 4 N–H and O–H groups in total. The number of carbonyl (C=O) groups is 2. The highest BCUT2D eigenvalue weighted by molar-refractivity contribution is 9.10. The van der Waals surface area contributed by atoms with Crippen LogP contribution in [-0.2, 0) is 17.8 Å². The van der Waals surface area contributed by atoms with Gasteiger partial charge in [0.05, 0.1) is 17.8 Å². The summed E-state index contributed by atoms with van der Waals surface area (Å²) < 4.78 is 14.4. The number of hydrogen-bond acceptors (Lipinski definition) is 4. The lowest BCUT2D eigenvalue weighted by atomic mass is 10.1. The number of benzene rings is 2. The minimum absolute atomic E-state index is 0.109. The molecule has 29 heavy (non-hydrogen) atoms. The van der Waals surface area contributed by atoms with E-state index >= 15 is 0 Å². The van der Waals surface area contributed by atoms with Crippen LogP contribution in [0.3, 0.4) is 0 Å². The molecule has 0 bridgehead atoms. The van der Waals surface area contributed by atoms with Crippen LogP contribution >= 0.6 is 15.9 Å². The maximum Gasteiger partial charge on any atom is 0.307 e. The number of pyridine rings is 1. The number of rotatable bonds is 6. The molecule has 0 aliphatic heterocycles. The first-order valence-corrected chi connectivity index (χ1v) is 9.44. The number of aliphatic carboxylic acids is 1. The predicted molar refractivity (Wildman–Crippen MR) is 111 cm³/mol. The molecule has 2 aromatic carbocycles. The number of nitrogens with one attached hydrogen (secondary N) is 1. The lowest BCUT2D eigenvalue weighted by Gasteiger charge is -2.12. The SMILES string of the molecule is NCc1cc(F)cc(-c2cccc(C(=O)Nc3c(Br)cccc3CC(=O)O)n2)c1. The van der Waals surface area contributed by atoms with Crippen molar-refractivity contribution in [1.82, 2.24) is 4.98 Å². The summed E-state index contributed by atoms with van der Waals surface area (Å²) >= 11 is 3.33. The van der Waals surface area contributed by atoms with Crippen molar-refractivity contribution in [2.24, 2.45) is 5.73 Å². The lowest BCUT2D eigenvalue weighted by molar-refractivity contribution is -0.136. The number of amides is 1. The normalized spacial score (nSPS) is 10.6. The smallest absolute Gasteiger partial charge is 0.307 e. The molecule has 0 aliphatic rings. The van der Waals surface area contributed by atoms with Gasteiger partial charge < -0.3 is 16.2 Å². The number of para-hydroxylation sites is 1. The van der Waals surface area contributed by atoms with Crippen LogP contribution in [0.1, 0.15) is 21.6 Å². The fraction of sp³-hybridized carbons (Fsp3) is 0.0952. The van der Waals surface area contributed by atoms with Crippen molar-refractivity contribution in [2.45, 2.75) is 13.0 Å². The van der Waals surface area contributed by atoms with Gasteiger partial charge in [0.1, 0.15) is 11.5 Å². The van der Waals surface area contributed by atoms with Gasteiger partial charge in [-0.25, -0.2) is 9.37 Å². The Kier molecular flexibility index (Phi) is 6.36. The number of nitrogens with two attached hydrogens (primary N) is 1. The number of hydrogen-bond donors (Lipinski definition) is 3. The van der Waals surface area contributed by atoms with E-state index in [4.69, 9.17) is 10.8 Å². The van der Waals surface area contributed by atoms with E-state index in [1.807, 2.05) is 0 Å². The standard InChI is InChI=1S/C21H17BrFN3O3/c22-16-4-1-3-13(10-19(27)28)20(16)26-21(29)18-6-2-5-17(25-18)14-7-12(11-24)8-15(23)9-14/h1-9H,10-11,24H2,(H,26,29)(H,27,28). The molecule has 0 unspecified atom stereocenters. The average molecular weight is 458 g/mol. The molecule has 148 valence electrons. The van der Waals surface area contributed by atoms with Gasteiger partial charge in [0.15, 0.2) is 0 Å². The monoisotopic (exact) mass is 457 g/mol. The van der Waals surface area contributed by atoms with Crippen LogP contribution in [0.5, 0.6) is 0 Å². The second-order valence-corrected chi connectivity index (χ2v) is 7.11. The van der Waals surface area contributed by atoms with Crippen LogP contribution in [0.15, 0.2) is 59.1 Å². The van der Waals surface area contributed by atoms with Gasteiger partial charge in [-0.1, -0.05) is 18.2 Å². The maximum atomic E-state index is 13.8. The van der Waals surface area contributed by atoms with Crippen LogP contribution in [0.25, 0.3) is 11.3 Å². The van der Waals surface area contributed by atoms with Crippen molar-refractivity contribution in [3.05, 3.63) is 81.7 Å². The van der Waals surface area contributed by atoms with Crippen LogP contribution in [-0.4, -0.2) is 22.0 Å². The molecule has 0 aliphatic carbocycles. The van der Waals surface area contributed by atoms with E-state index in [2.05, 4.69) is 26.2 Å². The first-order valence-electron chi connectivity index (χ1n) is 8.65. The number of carboxylic acid groups (broad SMARTS) is 1. The van der Waals surface area contributed by atoms with Gasteiger partial charge in [-0.15, -0.1) is 0 Å². The molecule has 0 radical (unpaired) electrons. The number of carbonyl (C=O) groups excluding carboxylic acids is 1. The molecule has 3 rings (SSSR count). The zero-order valence-electron chi connectivity index (χ0n) is 15.2. The second kappa shape index (κ2) is 8.93. The highest BCUT2D eigenvalue weighted by Gasteiger charge is 2.16. The minimum Gasteiger partial charge on any atom is -0.481 e. The van der Waals surface area contributed by atoms with Crippen LogP contribution in [0.2, 0.25) is 0 Å². The molecule has 0 atom stereocenters. The van der Waals surface area contributed by atoms with Gasteiger partial charge in [0, 0.05) is 16.6 Å². The molecule has 3 aromatic rings. The number of aromatic nitrogens is 1. The van der Waals surface area contributed by atoms with Gasteiger partial charge in [0.2, 0.25) is 0 Å². The maximum absolute atomic E-state index is 13.8. The van der Waals surface area contributed by atoms with E-state index in [9.17, 15) is 14.0 Å². The van der Waals surface area contributed by atoms with Crippen molar-refractivity contribution in [3.63, 3.8) is 0 Å². The molecule has 8 heteroatoms. The Bertz CT molecular complexity index is 1090. The Labute approximate surface area is 174 Å². The van der Waals surface area contributed by atoms with Crippen LogP contribution in [0, 0.1) is 5.82 Å². The highest BCUT2D eigenvalue weighted by Crippen LogP contribution is 2.28. The molecule has 0 fully saturated rings. The third kappa shape index (κ3) is 5.04. The van der Waals surface area contributed by atoms with E-state index in [0.717, 1.165) is 0 Å². The average Bonchev–Trinajstić information content (AvgIpc) is 2.69. The highest BCUT2D eigenvalue weighted by atomic mass is 79.9. The van der Waals surface area contributed by atoms with Crippen LogP contribution < -0.4 is 11.1 Å². The summed E-state index contributed by atoms with van der Waals surface area (Å²) in [6.07, 6.45) is -0.242. The van der Waals surface area contributed by atoms with Gasteiger partial charge in [-0.2, -0.15) is 0 Å². The first kappa shape index (κ1) is 20.6. The quantitative estimate of drug-likeness (QED) is 0.518. The summed E-state index contributed by atoms with van der Waals surface area (Å²) in [4.78, 5) is 28.2. The fourth-order valence-corrected chi connectivity index (χ4v) is 3.34. The molecule has 0 spiro atoms. The summed E-state index contributed by atoms with van der Waals surface area (Å²) in [5, 5.41) is 11.8. The molecule has 1 heterocycles. The second-order valence-electron chi connectivity index (χ2n) is 6.26. The topological polar surface area (TPSA) is 105 Å². The van der Waals surface area contributed by atoms with Crippen molar-refractivity contribution in [1.29, 1.82) is 0 Å². The van der Waals surface area contributed by atoms with E-state index in [-0.39, 0.29) is 18.7 Å². The summed E-state index contributed by atoms with van der Waals surface area (Å²) in [5.74, 6) is -1.97. The largest absolute Gasteiger partial charge is 0.481 e. The molecule has 6 nitrogen and oxygen atoms in total. The molecule has 0 saturated carbocycles. The van der Waals surface area contributed by atoms with Gasteiger partial charge in [-0.3, -0.25) is 9.59 Å². The van der Waals surface area contributed by atoms with E-state index in [1.54, 1.807) is 36.4 Å². The third-order valence-corrected chi connectivity index (χ3v) is 4.81. The molecular formula is C21H17BrFN3O3. The Balaban J connectivity index is 1.92. The first-order chi connectivity index (χ1) is 13.9. The third-order valence-electron chi connectivity index (χ3n) is 4.15. The molecular weight excluding hydrogens is 441 g/mol. The summed E-state index contributed by atoms with van der Waals surface area (Å²) in [6.45, 7) is 0.180. The van der Waals surface area contributed by atoms with Crippen LogP contribution in [0.4, 0.5) is 10.1 Å². The Morgan fingerprint density at radius 2 is 1.90 bits per heavy atom. The predicted octanol–water partition coefficient (Wildman–Crippen LogP) is 3.99. The van der Waals surface area contributed by atoms with E-state index in [0.29, 0.717) is 32.5 Å². The van der Waals surface area contributed by atoms with Crippen molar-refractivity contribution < 1.29 is 19.1 Å². The molecule has 0 saturated heterocycles. The van der Waals surface area contributed by atoms with E-state index in [1.165, 1.54) is 18.2 Å². The molecule has 1 amide bonds. The zero-order chi connectivity index (χ0) is 21.0. The summed E-state index contributed by atoms with van der Waals surface area (Å²) in [7, 11) is 0. The van der Waals surface area contributed by atoms with Crippen molar-refractivity contribution in [2.75, 3.05) is 5.32 Å². The van der Waals surface area contributed by atoms with Gasteiger partial charge >= 0.3 is 5.97 Å². The summed E-state index contributed by atoms with van der Waals surface area (Å²) in [6, 6.07) is 14.2. The van der Waals surface area contributed by atoms with Crippen molar-refractivity contribution >= 4 is 33.5 Å². The summed E-state index contributed by atoms with van der Waals surface area (Å²) in [5.41, 5.74) is 8.06. The van der Waals surface area contributed by atoms with E-state index < -0.39 is 17.7 Å². The number of halogens is 2. The Morgan fingerprint density at radius 3 is 2.62 bits per heavy atom. The minimum atomic E-state index is -1.01. The lowest BCUT2D eigenvalue weighted by Crippen LogP contribution is -2.16. The molecule has 1 aromatic heterocycles. The number of anilines is 1. The van der Waals surface area contributed by atoms with Crippen molar-refractivity contribution in [3.8, 4) is 11.3 Å².